The second-order valence-electron chi connectivity index (χ2n) is 8.04. The Balaban J connectivity index is 1.67. The normalized spacial score (nSPS) is 18.7. The van der Waals surface area contributed by atoms with Gasteiger partial charge in [0.1, 0.15) is 11.6 Å². The number of nitrogens with one attached hydrogen (secondary N) is 2. The number of amides is 1. The maximum absolute atomic E-state index is 14.9. The molecule has 0 bridgehead atoms. The molecule has 4 rings (SSSR count). The van der Waals surface area contributed by atoms with Gasteiger partial charge in [0.2, 0.25) is 5.91 Å². The number of pyridine rings is 1. The molecule has 7 nitrogen and oxygen atoms in total. The summed E-state index contributed by atoms with van der Waals surface area (Å²) in [5, 5.41) is 6.15. The van der Waals surface area contributed by atoms with Gasteiger partial charge in [0.25, 0.3) is 0 Å². The van der Waals surface area contributed by atoms with Crippen molar-refractivity contribution < 1.29 is 13.9 Å². The average molecular weight is 470 g/mol. The molecule has 0 radical (unpaired) electrons. The van der Waals surface area contributed by atoms with Gasteiger partial charge in [0.05, 0.1) is 18.9 Å². The van der Waals surface area contributed by atoms with E-state index in [9.17, 15) is 9.18 Å². The van der Waals surface area contributed by atoms with Gasteiger partial charge in [-0.1, -0.05) is 18.3 Å². The first kappa shape index (κ1) is 23.3. The smallest absolute Gasteiger partial charge is 0.247 e. The number of rotatable bonds is 7. The van der Waals surface area contributed by atoms with Gasteiger partial charge in [-0.2, -0.15) is 0 Å². The molecule has 0 spiro atoms. The van der Waals surface area contributed by atoms with Crippen molar-refractivity contribution in [3.63, 3.8) is 0 Å². The van der Waals surface area contributed by atoms with Crippen molar-refractivity contribution in [2.45, 2.75) is 19.0 Å². The van der Waals surface area contributed by atoms with Crippen LogP contribution in [0.2, 0.25) is 0 Å². The Hall–Kier alpha value is -2.88. The van der Waals surface area contributed by atoms with Gasteiger partial charge in [0.15, 0.2) is 5.50 Å². The van der Waals surface area contributed by atoms with Gasteiger partial charge in [-0.3, -0.25) is 9.69 Å². The third kappa shape index (κ3) is 5.93. The second kappa shape index (κ2) is 10.4. The number of nitrogens with zero attached hydrogens (tertiary/aromatic N) is 3. The van der Waals surface area contributed by atoms with Crippen LogP contribution in [-0.2, 0) is 16.1 Å². The quantitative estimate of drug-likeness (QED) is 0.592. The number of carbonyl (C=O) groups is 1. The number of hydrogen-bond donors (Lipinski definition) is 2. The van der Waals surface area contributed by atoms with Crippen LogP contribution in [0.5, 0.6) is 0 Å². The number of morpholine rings is 1. The molecule has 33 heavy (non-hydrogen) atoms. The molecule has 2 N–H and O–H groups in total. The summed E-state index contributed by atoms with van der Waals surface area (Å²) >= 11 is 1.70. The highest BCUT2D eigenvalue weighted by Gasteiger charge is 2.22. The standard InChI is InChI=1S/C24H28FN5O2S/c1-4-23(31)26-18-5-6-20(25)19(13-18)21-11-17(15-30-7-9-32-10-8-30)12-22(27-21)28-24-29(3)14-16(2)33-24/h4-6,11-14,24H,1,7-10,15H2,2-3H3,(H,26,31)(H,27,28). The lowest BCUT2D eigenvalue weighted by atomic mass is 10.1. The molecule has 0 aliphatic carbocycles. The lowest BCUT2D eigenvalue weighted by Gasteiger charge is -2.27. The van der Waals surface area contributed by atoms with Crippen LogP contribution in [0.15, 0.2) is 54.1 Å². The van der Waals surface area contributed by atoms with Crippen LogP contribution in [0.1, 0.15) is 12.5 Å². The number of aromatic nitrogens is 1. The SMILES string of the molecule is C=CC(=O)Nc1ccc(F)c(-c2cc(CN3CCOCC3)cc(NC3SC(C)=CN3C)n2)c1. The highest BCUT2D eigenvalue weighted by atomic mass is 32.2. The van der Waals surface area contributed by atoms with E-state index >= 15 is 0 Å². The van der Waals surface area contributed by atoms with Crippen LogP contribution in [0.25, 0.3) is 11.3 Å². The molecule has 3 heterocycles. The summed E-state index contributed by atoms with van der Waals surface area (Å²) in [6.07, 6.45) is 3.25. The molecule has 1 aromatic carbocycles. The van der Waals surface area contributed by atoms with Crippen LogP contribution in [-0.4, -0.2) is 59.5 Å². The molecule has 1 amide bonds. The fraction of sp³-hybridized carbons (Fsp3) is 0.333. The molecule has 1 saturated heterocycles. The summed E-state index contributed by atoms with van der Waals surface area (Å²) in [6, 6.07) is 8.39. The lowest BCUT2D eigenvalue weighted by Crippen LogP contribution is -2.35. The van der Waals surface area contributed by atoms with Crippen LogP contribution >= 0.6 is 11.8 Å². The zero-order valence-electron chi connectivity index (χ0n) is 18.8. The summed E-state index contributed by atoms with van der Waals surface area (Å²) in [7, 11) is 2.01. The molecule has 2 aliphatic heterocycles. The third-order valence-electron chi connectivity index (χ3n) is 5.41. The highest BCUT2D eigenvalue weighted by molar-refractivity contribution is 8.03. The Morgan fingerprint density at radius 1 is 1.33 bits per heavy atom. The van der Waals surface area contributed by atoms with Crippen LogP contribution in [0.3, 0.4) is 0 Å². The zero-order chi connectivity index (χ0) is 23.4. The predicted octanol–water partition coefficient (Wildman–Crippen LogP) is 4.08. The highest BCUT2D eigenvalue weighted by Crippen LogP contribution is 2.33. The summed E-state index contributed by atoms with van der Waals surface area (Å²) in [5.41, 5.74) is 2.35. The van der Waals surface area contributed by atoms with Crippen molar-refractivity contribution in [3.05, 3.63) is 65.5 Å². The number of benzene rings is 1. The van der Waals surface area contributed by atoms with Gasteiger partial charge >= 0.3 is 0 Å². The summed E-state index contributed by atoms with van der Waals surface area (Å²) in [4.78, 5) is 22.1. The first-order valence-electron chi connectivity index (χ1n) is 10.8. The first-order valence-corrected chi connectivity index (χ1v) is 11.7. The van der Waals surface area contributed by atoms with Crippen molar-refractivity contribution in [1.29, 1.82) is 0 Å². The Morgan fingerprint density at radius 3 is 2.82 bits per heavy atom. The number of hydrogen-bond acceptors (Lipinski definition) is 7. The van der Waals surface area contributed by atoms with Gasteiger partial charge in [-0.05, 0) is 48.9 Å². The minimum absolute atomic E-state index is 0.00653. The Bertz CT molecular complexity index is 1070. The second-order valence-corrected chi connectivity index (χ2v) is 9.37. The molecular weight excluding hydrogens is 441 g/mol. The van der Waals surface area contributed by atoms with Crippen molar-refractivity contribution in [3.8, 4) is 11.3 Å². The number of thioether (sulfide) groups is 1. The predicted molar refractivity (Wildman–Crippen MR) is 131 cm³/mol. The van der Waals surface area contributed by atoms with E-state index < -0.39 is 5.82 Å². The molecule has 1 aromatic heterocycles. The monoisotopic (exact) mass is 469 g/mol. The number of allylic oxidation sites excluding steroid dienone is 1. The minimum atomic E-state index is -0.404. The molecule has 1 atom stereocenters. The largest absolute Gasteiger partial charge is 0.379 e. The van der Waals surface area contributed by atoms with Crippen LogP contribution in [0.4, 0.5) is 15.9 Å². The van der Waals surface area contributed by atoms with E-state index in [1.165, 1.54) is 23.1 Å². The average Bonchev–Trinajstić information content (AvgIpc) is 3.11. The Morgan fingerprint density at radius 2 is 2.12 bits per heavy atom. The molecule has 2 aromatic rings. The molecular formula is C24H28FN5O2S. The van der Waals surface area contributed by atoms with Crippen LogP contribution in [0, 0.1) is 5.82 Å². The maximum Gasteiger partial charge on any atom is 0.247 e. The summed E-state index contributed by atoms with van der Waals surface area (Å²) < 4.78 is 20.3. The van der Waals surface area contributed by atoms with E-state index in [0.29, 0.717) is 42.5 Å². The molecule has 0 saturated carbocycles. The summed E-state index contributed by atoms with van der Waals surface area (Å²) in [6.45, 7) is 9.35. The first-order chi connectivity index (χ1) is 15.9. The Kier molecular flexibility index (Phi) is 7.32. The van der Waals surface area contributed by atoms with Crippen molar-refractivity contribution in [2.75, 3.05) is 44.0 Å². The fourth-order valence-electron chi connectivity index (χ4n) is 3.80. The zero-order valence-corrected chi connectivity index (χ0v) is 19.6. The van der Waals surface area contributed by atoms with Crippen molar-refractivity contribution in [1.82, 2.24) is 14.8 Å². The van der Waals surface area contributed by atoms with E-state index in [2.05, 4.69) is 40.1 Å². The molecule has 9 heteroatoms. The number of halogens is 1. The summed E-state index contributed by atoms with van der Waals surface area (Å²) in [5.74, 6) is -0.0882. The Labute approximate surface area is 197 Å². The fourth-order valence-corrected chi connectivity index (χ4v) is 4.79. The van der Waals surface area contributed by atoms with Crippen molar-refractivity contribution in [2.24, 2.45) is 0 Å². The van der Waals surface area contributed by atoms with Gasteiger partial charge in [-0.15, -0.1) is 0 Å². The van der Waals surface area contributed by atoms with Crippen LogP contribution < -0.4 is 10.6 Å². The number of anilines is 2. The van der Waals surface area contributed by atoms with Crippen molar-refractivity contribution >= 4 is 29.2 Å². The van der Waals surface area contributed by atoms with E-state index in [1.54, 1.807) is 17.8 Å². The third-order valence-corrected chi connectivity index (χ3v) is 6.57. The molecule has 174 valence electrons. The van der Waals surface area contributed by atoms with E-state index in [4.69, 9.17) is 9.72 Å². The van der Waals surface area contributed by atoms with E-state index in [1.807, 2.05) is 19.2 Å². The lowest BCUT2D eigenvalue weighted by molar-refractivity contribution is -0.111. The molecule has 1 fully saturated rings. The van der Waals surface area contributed by atoms with E-state index in [0.717, 1.165) is 18.7 Å². The molecule has 1 unspecified atom stereocenters. The topological polar surface area (TPSA) is 69.7 Å². The molecule has 2 aliphatic rings. The maximum atomic E-state index is 14.9. The van der Waals surface area contributed by atoms with E-state index in [-0.39, 0.29) is 11.4 Å². The van der Waals surface area contributed by atoms with Gasteiger partial charge < -0.3 is 20.3 Å². The van der Waals surface area contributed by atoms with Gasteiger partial charge in [-0.25, -0.2) is 9.37 Å². The van der Waals surface area contributed by atoms with Gasteiger partial charge in [0, 0.05) is 49.0 Å². The number of ether oxygens (including phenoxy) is 1. The number of carbonyl (C=O) groups excluding carboxylic acids is 1. The minimum Gasteiger partial charge on any atom is -0.379 e.